The van der Waals surface area contributed by atoms with Gasteiger partial charge < -0.3 is 9.80 Å². The quantitative estimate of drug-likeness (QED) is 0.723. The zero-order valence-electron chi connectivity index (χ0n) is 16.2. The summed E-state index contributed by atoms with van der Waals surface area (Å²) in [4.78, 5) is 19.7. The van der Waals surface area contributed by atoms with Crippen LogP contribution in [0.25, 0.3) is 0 Å². The van der Waals surface area contributed by atoms with Gasteiger partial charge in [0.15, 0.2) is 11.6 Å². The Balaban J connectivity index is 1.79. The van der Waals surface area contributed by atoms with Gasteiger partial charge in [0.1, 0.15) is 11.5 Å². The molecule has 28 heavy (non-hydrogen) atoms. The maximum atomic E-state index is 14.6. The molecule has 0 amide bonds. The smallest absolute Gasteiger partial charge is 0.351 e. The van der Waals surface area contributed by atoms with Crippen LogP contribution in [0.1, 0.15) is 38.0 Å². The Labute approximate surface area is 160 Å². The van der Waals surface area contributed by atoms with Gasteiger partial charge >= 0.3 is 6.18 Å². The van der Waals surface area contributed by atoms with Gasteiger partial charge in [-0.25, -0.2) is 24.3 Å². The summed E-state index contributed by atoms with van der Waals surface area (Å²) >= 11 is 0. The lowest BCUT2D eigenvalue weighted by Gasteiger charge is -2.36. The van der Waals surface area contributed by atoms with Crippen LogP contribution in [0, 0.1) is 12.7 Å². The van der Waals surface area contributed by atoms with E-state index in [1.54, 1.807) is 16.7 Å². The first-order valence-corrected chi connectivity index (χ1v) is 8.91. The first-order valence-electron chi connectivity index (χ1n) is 8.91. The molecule has 3 rings (SSSR count). The predicted octanol–water partition coefficient (Wildman–Crippen LogP) is 3.36. The molecule has 6 nitrogen and oxygen atoms in total. The summed E-state index contributed by atoms with van der Waals surface area (Å²) in [7, 11) is 0. The number of hydrogen-bond donors (Lipinski definition) is 0. The monoisotopic (exact) mass is 398 g/mol. The topological polar surface area (TPSA) is 58.0 Å². The molecule has 0 spiro atoms. The minimum absolute atomic E-state index is 0.0178. The highest BCUT2D eigenvalue weighted by atomic mass is 19.4. The third-order valence-corrected chi connectivity index (χ3v) is 4.47. The number of piperazine rings is 1. The molecular formula is C18H22F4N6. The third kappa shape index (κ3) is 4.15. The minimum Gasteiger partial charge on any atom is -0.351 e. The average Bonchev–Trinajstić information content (AvgIpc) is 2.62. The number of halogens is 4. The van der Waals surface area contributed by atoms with E-state index in [4.69, 9.17) is 0 Å². The van der Waals surface area contributed by atoms with E-state index >= 15 is 0 Å². The highest BCUT2D eigenvalue weighted by molar-refractivity contribution is 5.45. The van der Waals surface area contributed by atoms with E-state index in [1.165, 1.54) is 0 Å². The lowest BCUT2D eigenvalue weighted by Crippen LogP contribution is -2.48. The van der Waals surface area contributed by atoms with Crippen LogP contribution in [0.3, 0.4) is 0 Å². The molecule has 0 aromatic carbocycles. The number of aryl methyl sites for hydroxylation is 1. The highest BCUT2D eigenvalue weighted by Crippen LogP contribution is 2.29. The maximum absolute atomic E-state index is 14.6. The molecule has 152 valence electrons. The standard InChI is InChI=1S/C18H22F4N6/c1-11-13(19)14(26-15(24-11)17(2,3)4)27-7-9-28(10-8-27)16-23-6-5-12(25-16)18(20,21)22/h5-6H,7-10H2,1-4H3. The first-order chi connectivity index (χ1) is 13.0. The fourth-order valence-electron chi connectivity index (χ4n) is 2.87. The van der Waals surface area contributed by atoms with Crippen LogP contribution < -0.4 is 9.80 Å². The van der Waals surface area contributed by atoms with Gasteiger partial charge in [-0.3, -0.25) is 0 Å². The zero-order chi connectivity index (χ0) is 20.7. The van der Waals surface area contributed by atoms with Crippen LogP contribution in [0.15, 0.2) is 12.3 Å². The molecule has 1 fully saturated rings. The number of alkyl halides is 3. The molecular weight excluding hydrogens is 376 g/mol. The summed E-state index contributed by atoms with van der Waals surface area (Å²) in [6.45, 7) is 8.93. The largest absolute Gasteiger partial charge is 0.433 e. The van der Waals surface area contributed by atoms with Gasteiger partial charge in [0.25, 0.3) is 0 Å². The fraction of sp³-hybridized carbons (Fsp3) is 0.556. The van der Waals surface area contributed by atoms with Crippen LogP contribution in [0.2, 0.25) is 0 Å². The summed E-state index contributed by atoms with van der Waals surface area (Å²) in [6, 6.07) is 0.840. The van der Waals surface area contributed by atoms with Crippen molar-refractivity contribution in [3.05, 3.63) is 35.3 Å². The minimum atomic E-state index is -4.52. The van der Waals surface area contributed by atoms with Gasteiger partial charge in [-0.2, -0.15) is 13.2 Å². The van der Waals surface area contributed by atoms with E-state index in [2.05, 4.69) is 19.9 Å². The van der Waals surface area contributed by atoms with Crippen LogP contribution >= 0.6 is 0 Å². The lowest BCUT2D eigenvalue weighted by molar-refractivity contribution is -0.141. The number of rotatable bonds is 2. The summed E-state index contributed by atoms with van der Waals surface area (Å²) in [5.41, 5.74) is -1.04. The molecule has 1 saturated heterocycles. The molecule has 2 aromatic heterocycles. The van der Waals surface area contributed by atoms with E-state index in [1.807, 2.05) is 20.8 Å². The number of hydrogen-bond acceptors (Lipinski definition) is 6. The Morgan fingerprint density at radius 1 is 0.929 bits per heavy atom. The van der Waals surface area contributed by atoms with Crippen molar-refractivity contribution in [2.75, 3.05) is 36.0 Å². The Bertz CT molecular complexity index is 854. The van der Waals surface area contributed by atoms with Crippen LogP contribution in [-0.2, 0) is 11.6 Å². The van der Waals surface area contributed by atoms with Crippen molar-refractivity contribution >= 4 is 11.8 Å². The molecule has 0 radical (unpaired) electrons. The Morgan fingerprint density at radius 2 is 1.54 bits per heavy atom. The van der Waals surface area contributed by atoms with Gasteiger partial charge in [0, 0.05) is 37.8 Å². The van der Waals surface area contributed by atoms with Crippen molar-refractivity contribution in [3.63, 3.8) is 0 Å². The van der Waals surface area contributed by atoms with Crippen LogP contribution in [0.4, 0.5) is 29.3 Å². The molecule has 0 bridgehead atoms. The average molecular weight is 398 g/mol. The van der Waals surface area contributed by atoms with Gasteiger partial charge in [-0.15, -0.1) is 0 Å². The van der Waals surface area contributed by atoms with Gasteiger partial charge in [-0.1, -0.05) is 20.8 Å². The molecule has 0 aliphatic carbocycles. The normalized spacial score (nSPS) is 15.9. The molecule has 3 heterocycles. The van der Waals surface area contributed by atoms with Crippen LogP contribution in [0.5, 0.6) is 0 Å². The molecule has 1 aliphatic heterocycles. The Kier molecular flexibility index (Phi) is 5.16. The molecule has 0 atom stereocenters. The van der Waals surface area contributed by atoms with Gasteiger partial charge in [-0.05, 0) is 13.0 Å². The third-order valence-electron chi connectivity index (χ3n) is 4.47. The zero-order valence-corrected chi connectivity index (χ0v) is 16.2. The van der Waals surface area contributed by atoms with Gasteiger partial charge in [0.05, 0.1) is 5.69 Å². The fourth-order valence-corrected chi connectivity index (χ4v) is 2.87. The summed E-state index contributed by atoms with van der Waals surface area (Å²) in [5.74, 6) is 0.313. The van der Waals surface area contributed by atoms with E-state index in [-0.39, 0.29) is 22.9 Å². The number of aromatic nitrogens is 4. The van der Waals surface area contributed by atoms with Crippen molar-refractivity contribution in [1.29, 1.82) is 0 Å². The van der Waals surface area contributed by atoms with Crippen molar-refractivity contribution in [3.8, 4) is 0 Å². The lowest BCUT2D eigenvalue weighted by atomic mass is 9.95. The molecule has 0 N–H and O–H groups in total. The second-order valence-corrected chi connectivity index (χ2v) is 7.73. The van der Waals surface area contributed by atoms with E-state index in [9.17, 15) is 17.6 Å². The van der Waals surface area contributed by atoms with E-state index in [0.29, 0.717) is 32.0 Å². The van der Waals surface area contributed by atoms with Crippen molar-refractivity contribution in [1.82, 2.24) is 19.9 Å². The van der Waals surface area contributed by atoms with Crippen molar-refractivity contribution in [2.24, 2.45) is 0 Å². The van der Waals surface area contributed by atoms with E-state index in [0.717, 1.165) is 12.3 Å². The van der Waals surface area contributed by atoms with Gasteiger partial charge in [0.2, 0.25) is 5.95 Å². The SMILES string of the molecule is Cc1nc(C(C)(C)C)nc(N2CCN(c3nccc(C(F)(F)F)n3)CC2)c1F. The number of anilines is 2. The Hall–Kier alpha value is -2.52. The molecule has 10 heteroatoms. The van der Waals surface area contributed by atoms with Crippen LogP contribution in [-0.4, -0.2) is 46.1 Å². The molecule has 2 aromatic rings. The van der Waals surface area contributed by atoms with Crippen molar-refractivity contribution in [2.45, 2.75) is 39.3 Å². The molecule has 1 aliphatic rings. The molecule has 0 saturated carbocycles. The second-order valence-electron chi connectivity index (χ2n) is 7.73. The summed E-state index contributed by atoms with van der Waals surface area (Å²) < 4.78 is 53.2. The Morgan fingerprint density at radius 3 is 2.11 bits per heavy atom. The highest BCUT2D eigenvalue weighted by Gasteiger charge is 2.34. The molecule has 0 unspecified atom stereocenters. The number of nitrogens with zero attached hydrogens (tertiary/aromatic N) is 6. The second kappa shape index (κ2) is 7.14. The predicted molar refractivity (Wildman–Crippen MR) is 96.9 cm³/mol. The first kappa shape index (κ1) is 20.2. The van der Waals surface area contributed by atoms with Crippen molar-refractivity contribution < 1.29 is 17.6 Å². The van der Waals surface area contributed by atoms with E-state index < -0.39 is 17.7 Å². The summed E-state index contributed by atoms with van der Waals surface area (Å²) in [5, 5.41) is 0. The maximum Gasteiger partial charge on any atom is 0.433 e. The summed E-state index contributed by atoms with van der Waals surface area (Å²) in [6.07, 6.45) is -3.43.